The van der Waals surface area contributed by atoms with Gasteiger partial charge in [0, 0.05) is 48.5 Å². The van der Waals surface area contributed by atoms with Gasteiger partial charge in [0.15, 0.2) is 11.4 Å². The zero-order chi connectivity index (χ0) is 32.5. The summed E-state index contributed by atoms with van der Waals surface area (Å²) in [5, 5.41) is 34.7. The molecule has 0 aromatic carbocycles. The first-order chi connectivity index (χ1) is 20.7. The predicted octanol–water partition coefficient (Wildman–Crippen LogP) is 4.63. The highest BCUT2D eigenvalue weighted by molar-refractivity contribution is 6.04. The summed E-state index contributed by atoms with van der Waals surface area (Å²) in [6.07, 6.45) is 22.1. The number of fused-ring (bicyclic) bond motifs is 5. The highest BCUT2D eigenvalue weighted by atomic mass is 16.6. The average molecular weight is 607 g/mol. The third-order valence-corrected chi connectivity index (χ3v) is 10.1. The number of allylic oxidation sites excluding steroid dienone is 9. The molecule has 44 heavy (non-hydrogen) atoms. The van der Waals surface area contributed by atoms with Crippen LogP contribution in [0.25, 0.3) is 0 Å². The lowest BCUT2D eigenvalue weighted by molar-refractivity contribution is -0.226. The molecule has 8 heteroatoms. The SMILES string of the molecule is CCCC=CC=CC=CC=CC=CC(=O)O[C@@H]1[C@@H](C)[C@]2(O)[C@H]3C=C(C)C(=O)[C@@]3(O)CC(CO)=C[C@H]2[C@H]2C(C)(C)[C@]12OC(C)=O. The quantitative estimate of drug-likeness (QED) is 0.142. The normalized spacial score (nSPS) is 37.7. The number of esters is 2. The summed E-state index contributed by atoms with van der Waals surface area (Å²) in [6, 6.07) is 0. The second kappa shape index (κ2) is 12.6. The van der Waals surface area contributed by atoms with Crippen LogP contribution in [0.4, 0.5) is 0 Å². The Balaban J connectivity index is 1.65. The highest BCUT2D eigenvalue weighted by Crippen LogP contribution is 2.77. The third kappa shape index (κ3) is 5.41. The average Bonchev–Trinajstić information content (AvgIpc) is 3.38. The summed E-state index contributed by atoms with van der Waals surface area (Å²) >= 11 is 0. The van der Waals surface area contributed by atoms with E-state index in [9.17, 15) is 29.7 Å². The van der Waals surface area contributed by atoms with Crippen molar-refractivity contribution in [2.45, 2.75) is 83.7 Å². The molecule has 8 nitrogen and oxygen atoms in total. The molecule has 2 saturated carbocycles. The Morgan fingerprint density at radius 1 is 1.02 bits per heavy atom. The Morgan fingerprint density at radius 3 is 2.23 bits per heavy atom. The van der Waals surface area contributed by atoms with Crippen molar-refractivity contribution in [3.8, 4) is 0 Å². The molecular weight excluding hydrogens is 560 g/mol. The molecule has 0 aliphatic heterocycles. The maximum atomic E-state index is 13.2. The maximum Gasteiger partial charge on any atom is 0.331 e. The van der Waals surface area contributed by atoms with Crippen molar-refractivity contribution >= 4 is 17.7 Å². The number of ether oxygens (including phenoxy) is 2. The zero-order valence-corrected chi connectivity index (χ0v) is 26.5. The molecule has 0 spiro atoms. The molecular formula is C36H46O8. The second-order valence-electron chi connectivity index (χ2n) is 13.1. The van der Waals surface area contributed by atoms with Crippen LogP contribution in [0.15, 0.2) is 84.1 Å². The fourth-order valence-electron chi connectivity index (χ4n) is 8.09. The Bertz CT molecular complexity index is 1380. The van der Waals surface area contributed by atoms with Gasteiger partial charge in [-0.05, 0) is 24.5 Å². The van der Waals surface area contributed by atoms with E-state index in [-0.39, 0.29) is 6.42 Å². The largest absolute Gasteiger partial charge is 0.455 e. The van der Waals surface area contributed by atoms with Crippen molar-refractivity contribution in [1.82, 2.24) is 0 Å². The Kier molecular flexibility index (Phi) is 9.60. The number of hydrogen-bond donors (Lipinski definition) is 3. The molecule has 0 radical (unpaired) electrons. The standard InChI is InChI=1S/C36H46O8/c1-7-8-9-10-11-12-13-14-15-16-17-18-29(39)43-32-24(3)35(42)27(30-33(5,6)36(30,32)44-25(4)38)20-26(22-37)21-34(41)28(35)19-23(2)31(34)40/h9-20,24,27-28,30,32,37,41-42H,7-8,21-22H2,1-6H3/t24-,27+,28+,30+,32-,34-,35-,36-/m1/s1. The van der Waals surface area contributed by atoms with Gasteiger partial charge in [-0.25, -0.2) is 4.79 Å². The van der Waals surface area contributed by atoms with Crippen LogP contribution in [0.1, 0.15) is 60.8 Å². The van der Waals surface area contributed by atoms with Gasteiger partial charge in [0.1, 0.15) is 11.7 Å². The lowest BCUT2D eigenvalue weighted by Gasteiger charge is -2.53. The summed E-state index contributed by atoms with van der Waals surface area (Å²) in [6.45, 7) is 10.1. The summed E-state index contributed by atoms with van der Waals surface area (Å²) in [7, 11) is 0. The van der Waals surface area contributed by atoms with Gasteiger partial charge in [-0.2, -0.15) is 0 Å². The molecule has 0 aromatic heterocycles. The van der Waals surface area contributed by atoms with Gasteiger partial charge in [-0.15, -0.1) is 0 Å². The molecule has 3 N–H and O–H groups in total. The fraction of sp³-hybridized carbons (Fsp3) is 0.528. The van der Waals surface area contributed by atoms with Crippen LogP contribution >= 0.6 is 0 Å². The van der Waals surface area contributed by atoms with Crippen LogP contribution in [0, 0.1) is 29.1 Å². The molecule has 0 amide bonds. The van der Waals surface area contributed by atoms with Crippen molar-refractivity contribution in [3.63, 3.8) is 0 Å². The predicted molar refractivity (Wildman–Crippen MR) is 167 cm³/mol. The first kappa shape index (κ1) is 33.6. The maximum absolute atomic E-state index is 13.2. The number of rotatable bonds is 10. The molecule has 4 rings (SSSR count). The van der Waals surface area contributed by atoms with E-state index in [2.05, 4.69) is 13.0 Å². The van der Waals surface area contributed by atoms with Crippen molar-refractivity contribution in [2.24, 2.45) is 29.1 Å². The monoisotopic (exact) mass is 606 g/mol. The molecule has 0 aromatic rings. The molecule has 4 aliphatic carbocycles. The van der Waals surface area contributed by atoms with Crippen molar-refractivity contribution < 1.29 is 39.2 Å². The molecule has 4 aliphatic rings. The van der Waals surface area contributed by atoms with Crippen LogP contribution in [-0.4, -0.2) is 62.6 Å². The molecule has 238 valence electrons. The number of aliphatic hydroxyl groups excluding tert-OH is 1. The minimum absolute atomic E-state index is 0.139. The minimum atomic E-state index is -1.97. The van der Waals surface area contributed by atoms with E-state index in [0.29, 0.717) is 11.1 Å². The number of carbonyl (C=O) groups is 3. The Labute approximate surface area is 260 Å². The third-order valence-electron chi connectivity index (χ3n) is 10.1. The lowest BCUT2D eigenvalue weighted by Crippen LogP contribution is -2.66. The molecule has 0 unspecified atom stereocenters. The summed E-state index contributed by atoms with van der Waals surface area (Å²) < 4.78 is 12.1. The van der Waals surface area contributed by atoms with Gasteiger partial charge in [0.25, 0.3) is 0 Å². The van der Waals surface area contributed by atoms with Crippen LogP contribution in [0.3, 0.4) is 0 Å². The van der Waals surface area contributed by atoms with Crippen LogP contribution < -0.4 is 0 Å². The van der Waals surface area contributed by atoms with Gasteiger partial charge < -0.3 is 24.8 Å². The first-order valence-electron chi connectivity index (χ1n) is 15.4. The van der Waals surface area contributed by atoms with Crippen molar-refractivity contribution in [3.05, 3.63) is 84.1 Å². The van der Waals surface area contributed by atoms with Gasteiger partial charge >= 0.3 is 11.9 Å². The molecule has 0 heterocycles. The molecule has 2 fully saturated rings. The van der Waals surface area contributed by atoms with Gasteiger partial charge in [-0.1, -0.05) is 101 Å². The van der Waals surface area contributed by atoms with Crippen molar-refractivity contribution in [1.29, 1.82) is 0 Å². The number of carbonyl (C=O) groups excluding carboxylic acids is 3. The first-order valence-corrected chi connectivity index (χ1v) is 15.4. The number of hydrogen-bond acceptors (Lipinski definition) is 8. The molecule has 0 bridgehead atoms. The van der Waals surface area contributed by atoms with Gasteiger partial charge in [0.05, 0.1) is 12.2 Å². The van der Waals surface area contributed by atoms with E-state index < -0.39 is 76.3 Å². The van der Waals surface area contributed by atoms with Crippen LogP contribution in [0.5, 0.6) is 0 Å². The Morgan fingerprint density at radius 2 is 1.64 bits per heavy atom. The zero-order valence-electron chi connectivity index (χ0n) is 26.5. The molecule has 0 saturated heterocycles. The number of Topliss-reactive ketones (excluding diaryl/α,β-unsaturated/α-hetero) is 1. The van der Waals surface area contributed by atoms with Gasteiger partial charge in [-0.3, -0.25) is 9.59 Å². The van der Waals surface area contributed by atoms with E-state index in [1.807, 2.05) is 44.2 Å². The Hall–Kier alpha value is -3.33. The number of ketones is 1. The smallest absolute Gasteiger partial charge is 0.331 e. The summed E-state index contributed by atoms with van der Waals surface area (Å²) in [4.78, 5) is 38.9. The van der Waals surface area contributed by atoms with E-state index in [1.165, 1.54) is 13.0 Å². The van der Waals surface area contributed by atoms with E-state index in [1.54, 1.807) is 44.2 Å². The minimum Gasteiger partial charge on any atom is -0.455 e. The summed E-state index contributed by atoms with van der Waals surface area (Å²) in [5.74, 6) is -4.88. The number of unbranched alkanes of at least 4 members (excludes halogenated alkanes) is 1. The van der Waals surface area contributed by atoms with Crippen LogP contribution in [-0.2, 0) is 23.9 Å². The topological polar surface area (TPSA) is 130 Å². The van der Waals surface area contributed by atoms with E-state index >= 15 is 0 Å². The highest BCUT2D eigenvalue weighted by Gasteiger charge is 2.87. The summed E-state index contributed by atoms with van der Waals surface area (Å²) in [5.41, 5.74) is -5.00. The fourth-order valence-corrected chi connectivity index (χ4v) is 8.09. The van der Waals surface area contributed by atoms with Crippen molar-refractivity contribution in [2.75, 3.05) is 6.61 Å². The van der Waals surface area contributed by atoms with E-state index in [4.69, 9.17) is 9.47 Å². The molecule has 8 atom stereocenters. The second-order valence-corrected chi connectivity index (χ2v) is 13.1. The number of aliphatic hydroxyl groups is 3. The van der Waals surface area contributed by atoms with E-state index in [0.717, 1.165) is 12.8 Å². The van der Waals surface area contributed by atoms with Gasteiger partial charge in [0.2, 0.25) is 0 Å². The lowest BCUT2D eigenvalue weighted by atomic mass is 9.59. The van der Waals surface area contributed by atoms with Crippen LogP contribution in [0.2, 0.25) is 0 Å².